The third-order valence-corrected chi connectivity index (χ3v) is 7.66. The SMILES string of the molecule is CC(C)N1CCC(COc2cc([N+](=O)[O-])ccc2Cl)CC1.O=[N+]([O-])c1ccc(Cl)c(OCC2CCNCC2)c1. The molecular formula is C27H36Cl2N4O6. The average Bonchev–Trinajstić information content (AvgIpc) is 2.93. The molecule has 2 fully saturated rings. The van der Waals surface area contributed by atoms with Crippen LogP contribution >= 0.6 is 23.2 Å². The molecule has 0 atom stereocenters. The van der Waals surface area contributed by atoms with Crippen molar-refractivity contribution in [3.05, 3.63) is 66.7 Å². The summed E-state index contributed by atoms with van der Waals surface area (Å²) in [5.74, 6) is 1.76. The molecule has 0 saturated carbocycles. The van der Waals surface area contributed by atoms with Crippen LogP contribution in [0.1, 0.15) is 39.5 Å². The molecule has 12 heteroatoms. The van der Waals surface area contributed by atoms with Gasteiger partial charge >= 0.3 is 0 Å². The number of non-ortho nitro benzene ring substituents is 2. The highest BCUT2D eigenvalue weighted by Gasteiger charge is 2.22. The van der Waals surface area contributed by atoms with E-state index in [4.69, 9.17) is 32.7 Å². The van der Waals surface area contributed by atoms with Gasteiger partial charge in [-0.05, 0) is 89.7 Å². The number of ether oxygens (including phenoxy) is 2. The highest BCUT2D eigenvalue weighted by Crippen LogP contribution is 2.31. The largest absolute Gasteiger partial charge is 0.491 e. The van der Waals surface area contributed by atoms with Crippen LogP contribution < -0.4 is 14.8 Å². The Morgan fingerprint density at radius 2 is 1.28 bits per heavy atom. The van der Waals surface area contributed by atoms with Crippen LogP contribution in [0.4, 0.5) is 11.4 Å². The number of piperidine rings is 2. The number of nitro benzene ring substituents is 2. The summed E-state index contributed by atoms with van der Waals surface area (Å²) in [6.45, 7) is 9.69. The molecule has 10 nitrogen and oxygen atoms in total. The second-order valence-corrected chi connectivity index (χ2v) is 10.9. The Hall–Kier alpha value is -2.66. The fourth-order valence-corrected chi connectivity index (χ4v) is 4.88. The standard InChI is InChI=1S/C15H21ClN2O3.C12H15ClN2O3/c1-11(2)17-7-5-12(6-8-17)10-21-15-9-13(18(19)20)3-4-14(15)16;13-11-2-1-10(15(16)17)7-12(11)18-8-9-3-5-14-6-4-9/h3-4,9,11-12H,5-8,10H2,1-2H3;1-2,7,9,14H,3-6,8H2. The molecule has 2 saturated heterocycles. The zero-order chi connectivity index (χ0) is 28.4. The Morgan fingerprint density at radius 1 is 0.846 bits per heavy atom. The minimum absolute atomic E-state index is 0.000268. The zero-order valence-electron chi connectivity index (χ0n) is 22.3. The lowest BCUT2D eigenvalue weighted by Crippen LogP contribution is -2.39. The monoisotopic (exact) mass is 582 g/mol. The van der Waals surface area contributed by atoms with Gasteiger partial charge in [0.1, 0.15) is 11.5 Å². The van der Waals surface area contributed by atoms with Crippen molar-refractivity contribution >= 4 is 34.6 Å². The van der Waals surface area contributed by atoms with Crippen molar-refractivity contribution in [3.8, 4) is 11.5 Å². The molecule has 0 unspecified atom stereocenters. The van der Waals surface area contributed by atoms with Gasteiger partial charge < -0.3 is 19.7 Å². The summed E-state index contributed by atoms with van der Waals surface area (Å²) in [6, 6.07) is 9.12. The van der Waals surface area contributed by atoms with E-state index in [0.29, 0.717) is 52.6 Å². The number of likely N-dealkylation sites (tertiary alicyclic amines) is 1. The van der Waals surface area contributed by atoms with E-state index < -0.39 is 9.85 Å². The number of nitrogens with one attached hydrogen (secondary N) is 1. The van der Waals surface area contributed by atoms with Crippen molar-refractivity contribution < 1.29 is 19.3 Å². The van der Waals surface area contributed by atoms with Crippen LogP contribution in [-0.4, -0.2) is 60.2 Å². The van der Waals surface area contributed by atoms with Crippen molar-refractivity contribution in [1.82, 2.24) is 10.2 Å². The topological polar surface area (TPSA) is 120 Å². The van der Waals surface area contributed by atoms with E-state index in [1.807, 2.05) is 0 Å². The molecule has 2 aromatic rings. The van der Waals surface area contributed by atoms with Gasteiger partial charge in [-0.15, -0.1) is 0 Å². The smallest absolute Gasteiger partial charge is 0.273 e. The number of rotatable bonds is 9. The van der Waals surface area contributed by atoms with E-state index in [1.54, 1.807) is 0 Å². The van der Waals surface area contributed by atoms with Gasteiger partial charge in [0.05, 0.1) is 45.2 Å². The number of benzene rings is 2. The fraction of sp³-hybridized carbons (Fsp3) is 0.556. The molecule has 0 bridgehead atoms. The molecule has 39 heavy (non-hydrogen) atoms. The first-order valence-electron chi connectivity index (χ1n) is 13.2. The molecule has 0 radical (unpaired) electrons. The van der Waals surface area contributed by atoms with Crippen molar-refractivity contribution in [3.63, 3.8) is 0 Å². The molecule has 4 rings (SSSR count). The Kier molecular flexibility index (Phi) is 12.0. The van der Waals surface area contributed by atoms with E-state index in [2.05, 4.69) is 24.1 Å². The van der Waals surface area contributed by atoms with Crippen LogP contribution in [0.3, 0.4) is 0 Å². The third-order valence-electron chi connectivity index (χ3n) is 7.04. The fourth-order valence-electron chi connectivity index (χ4n) is 4.53. The molecule has 1 N–H and O–H groups in total. The number of nitro groups is 2. The van der Waals surface area contributed by atoms with Crippen molar-refractivity contribution in [2.45, 2.75) is 45.6 Å². The van der Waals surface area contributed by atoms with E-state index in [0.717, 1.165) is 51.9 Å². The average molecular weight is 584 g/mol. The van der Waals surface area contributed by atoms with Crippen LogP contribution in [0.2, 0.25) is 10.0 Å². The molecule has 2 aliphatic rings. The van der Waals surface area contributed by atoms with Crippen molar-refractivity contribution in [2.24, 2.45) is 11.8 Å². The number of hydrogen-bond donors (Lipinski definition) is 1. The minimum Gasteiger partial charge on any atom is -0.491 e. The Morgan fingerprint density at radius 3 is 1.69 bits per heavy atom. The predicted octanol–water partition coefficient (Wildman–Crippen LogP) is 6.37. The van der Waals surface area contributed by atoms with Gasteiger partial charge in [-0.3, -0.25) is 20.2 Å². The molecule has 0 aliphatic carbocycles. The van der Waals surface area contributed by atoms with Gasteiger partial charge in [0.15, 0.2) is 0 Å². The maximum Gasteiger partial charge on any atom is 0.273 e. The Bertz CT molecular complexity index is 1110. The van der Waals surface area contributed by atoms with E-state index in [9.17, 15) is 20.2 Å². The molecular weight excluding hydrogens is 547 g/mol. The van der Waals surface area contributed by atoms with Crippen LogP contribution in [0, 0.1) is 32.1 Å². The maximum atomic E-state index is 10.8. The van der Waals surface area contributed by atoms with Crippen LogP contribution in [0.15, 0.2) is 36.4 Å². The zero-order valence-corrected chi connectivity index (χ0v) is 23.8. The second kappa shape index (κ2) is 15.2. The number of halogens is 2. The first kappa shape index (κ1) is 30.9. The van der Waals surface area contributed by atoms with E-state index >= 15 is 0 Å². The lowest BCUT2D eigenvalue weighted by atomic mass is 9.97. The van der Waals surface area contributed by atoms with Crippen LogP contribution in [0.25, 0.3) is 0 Å². The summed E-state index contributed by atoms with van der Waals surface area (Å²) >= 11 is 12.0. The van der Waals surface area contributed by atoms with Gasteiger partial charge in [0.2, 0.25) is 0 Å². The van der Waals surface area contributed by atoms with Gasteiger partial charge in [0, 0.05) is 18.2 Å². The summed E-state index contributed by atoms with van der Waals surface area (Å²) in [4.78, 5) is 23.0. The third kappa shape index (κ3) is 9.79. The van der Waals surface area contributed by atoms with Gasteiger partial charge in [-0.25, -0.2) is 0 Å². The minimum atomic E-state index is -0.451. The molecule has 214 valence electrons. The van der Waals surface area contributed by atoms with E-state index in [-0.39, 0.29) is 11.4 Å². The molecule has 2 aromatic carbocycles. The summed E-state index contributed by atoms with van der Waals surface area (Å²) in [6.07, 6.45) is 4.30. The highest BCUT2D eigenvalue weighted by molar-refractivity contribution is 6.32. The molecule has 2 aliphatic heterocycles. The van der Waals surface area contributed by atoms with Crippen LogP contribution in [-0.2, 0) is 0 Å². The Balaban J connectivity index is 0.000000218. The summed E-state index contributed by atoms with van der Waals surface area (Å²) < 4.78 is 11.3. The first-order valence-corrected chi connectivity index (χ1v) is 14.0. The highest BCUT2D eigenvalue weighted by atomic mass is 35.5. The van der Waals surface area contributed by atoms with E-state index in [1.165, 1.54) is 36.4 Å². The Labute approximate surface area is 238 Å². The maximum absolute atomic E-state index is 10.8. The normalized spacial score (nSPS) is 16.8. The molecule has 0 spiro atoms. The van der Waals surface area contributed by atoms with Gasteiger partial charge in [-0.2, -0.15) is 0 Å². The lowest BCUT2D eigenvalue weighted by Gasteiger charge is -2.34. The van der Waals surface area contributed by atoms with Crippen molar-refractivity contribution in [2.75, 3.05) is 39.4 Å². The summed E-state index contributed by atoms with van der Waals surface area (Å²) in [5, 5.41) is 25.5. The first-order chi connectivity index (χ1) is 18.6. The lowest BCUT2D eigenvalue weighted by molar-refractivity contribution is -0.385. The predicted molar refractivity (Wildman–Crippen MR) is 152 cm³/mol. The second-order valence-electron chi connectivity index (χ2n) is 10.1. The van der Waals surface area contributed by atoms with Gasteiger partial charge in [-0.1, -0.05) is 23.2 Å². The summed E-state index contributed by atoms with van der Waals surface area (Å²) in [7, 11) is 0. The molecule has 0 aromatic heterocycles. The van der Waals surface area contributed by atoms with Crippen LogP contribution in [0.5, 0.6) is 11.5 Å². The number of nitrogens with zero attached hydrogens (tertiary/aromatic N) is 3. The van der Waals surface area contributed by atoms with Crippen molar-refractivity contribution in [1.29, 1.82) is 0 Å². The molecule has 0 amide bonds. The number of hydrogen-bond acceptors (Lipinski definition) is 8. The summed E-state index contributed by atoms with van der Waals surface area (Å²) in [5.41, 5.74) is 0.00346. The van der Waals surface area contributed by atoms with Gasteiger partial charge in [0.25, 0.3) is 11.4 Å². The molecule has 2 heterocycles. The quantitative estimate of drug-likeness (QED) is 0.267.